The number of benzene rings is 2. The van der Waals surface area contributed by atoms with Gasteiger partial charge in [-0.2, -0.15) is 0 Å². The van der Waals surface area contributed by atoms with Crippen LogP contribution in [0.1, 0.15) is 0 Å². The van der Waals surface area contributed by atoms with Gasteiger partial charge in [-0.05, 0) is 48.5 Å². The Bertz CT molecular complexity index is 1420. The number of fused-ring (bicyclic) bond motifs is 2. The largest absolute Gasteiger partial charge is 0.402 e. The molecule has 0 radical (unpaired) electrons. The molecular weight excluding hydrogens is 435 g/mol. The Labute approximate surface area is 176 Å². The minimum Gasteiger partial charge on any atom is -0.402 e. The van der Waals surface area contributed by atoms with E-state index in [2.05, 4.69) is 9.97 Å². The van der Waals surface area contributed by atoms with Gasteiger partial charge in [-0.25, -0.2) is 19.6 Å². The lowest BCUT2D eigenvalue weighted by molar-refractivity contribution is 0.519. The molecule has 0 amide bonds. The van der Waals surface area contributed by atoms with Gasteiger partial charge in [0.15, 0.2) is 0 Å². The first kappa shape index (κ1) is 18.1. The van der Waals surface area contributed by atoms with E-state index in [1.54, 1.807) is 48.5 Å². The van der Waals surface area contributed by atoms with E-state index in [4.69, 9.17) is 32.0 Å². The summed E-state index contributed by atoms with van der Waals surface area (Å²) < 4.78 is 10.7. The third-order valence-corrected chi connectivity index (χ3v) is 5.74. The Balaban J connectivity index is 1.63. The van der Waals surface area contributed by atoms with Crippen LogP contribution < -0.4 is 11.3 Å². The Morgan fingerprint density at radius 2 is 1.14 bits per heavy atom. The molecule has 0 spiro atoms. The van der Waals surface area contributed by atoms with Gasteiger partial charge in [0.2, 0.25) is 11.8 Å². The minimum atomic E-state index is -0.512. The fourth-order valence-electron chi connectivity index (χ4n) is 2.87. The summed E-state index contributed by atoms with van der Waals surface area (Å²) in [5.74, 6) is 0.291. The van der Waals surface area contributed by atoms with Crippen molar-refractivity contribution >= 4 is 56.3 Å². The molecule has 0 atom stereocenters. The molecule has 0 unspecified atom stereocenters. The second kappa shape index (κ2) is 6.81. The summed E-state index contributed by atoms with van der Waals surface area (Å²) in [7, 11) is 0. The van der Waals surface area contributed by atoms with Crippen molar-refractivity contribution in [3.05, 3.63) is 79.4 Å². The molecule has 3 aromatic heterocycles. The zero-order chi connectivity index (χ0) is 20.1. The van der Waals surface area contributed by atoms with E-state index < -0.39 is 11.3 Å². The van der Waals surface area contributed by atoms with Crippen LogP contribution in [0.3, 0.4) is 0 Å². The topological polar surface area (TPSA) is 86.2 Å². The Morgan fingerprint density at radius 3 is 1.59 bits per heavy atom. The van der Waals surface area contributed by atoms with E-state index in [0.29, 0.717) is 41.6 Å². The first-order valence-electron chi connectivity index (χ1n) is 8.29. The minimum absolute atomic E-state index is 0.146. The van der Waals surface area contributed by atoms with Crippen molar-refractivity contribution in [3.8, 4) is 21.5 Å². The fraction of sp³-hybridized carbons (Fsp3) is 0. The summed E-state index contributed by atoms with van der Waals surface area (Å²) in [5, 5.41) is 1.62. The highest BCUT2D eigenvalue weighted by Gasteiger charge is 2.15. The molecule has 142 valence electrons. The highest BCUT2D eigenvalue weighted by atomic mass is 35.5. The number of halogens is 2. The Kier molecular flexibility index (Phi) is 4.24. The summed E-state index contributed by atoms with van der Waals surface area (Å²) in [6, 6.07) is 13.0. The molecule has 9 heteroatoms. The third kappa shape index (κ3) is 3.23. The van der Waals surface area contributed by atoms with Crippen molar-refractivity contribution in [1.82, 2.24) is 9.97 Å². The van der Waals surface area contributed by atoms with Crippen molar-refractivity contribution in [2.24, 2.45) is 0 Å². The molecule has 0 N–H and O–H groups in total. The zero-order valence-electron chi connectivity index (χ0n) is 14.3. The molecule has 2 aromatic carbocycles. The maximum atomic E-state index is 12.3. The monoisotopic (exact) mass is 442 g/mol. The van der Waals surface area contributed by atoms with Gasteiger partial charge < -0.3 is 8.83 Å². The molecule has 0 saturated heterocycles. The van der Waals surface area contributed by atoms with Crippen molar-refractivity contribution < 1.29 is 8.83 Å². The van der Waals surface area contributed by atoms with Gasteiger partial charge in [-0.15, -0.1) is 11.3 Å². The fourth-order valence-corrected chi connectivity index (χ4v) is 4.06. The van der Waals surface area contributed by atoms with Crippen LogP contribution in [0.15, 0.2) is 67.0 Å². The molecule has 0 aliphatic heterocycles. The Morgan fingerprint density at radius 1 is 0.690 bits per heavy atom. The molecular formula is C20H8Cl2N2O4S. The smallest absolute Gasteiger partial charge is 0.347 e. The maximum Gasteiger partial charge on any atom is 0.347 e. The number of hydrogen-bond donors (Lipinski definition) is 0. The van der Waals surface area contributed by atoms with E-state index in [1.807, 2.05) is 0 Å². The first-order chi connectivity index (χ1) is 14.0. The summed E-state index contributed by atoms with van der Waals surface area (Å²) in [4.78, 5) is 34.4. The number of thiophene rings is 1. The lowest BCUT2D eigenvalue weighted by Gasteiger charge is -2.00. The molecule has 3 heterocycles. The van der Waals surface area contributed by atoms with Crippen LogP contribution in [0.25, 0.3) is 43.3 Å². The quantitative estimate of drug-likeness (QED) is 0.364. The van der Waals surface area contributed by atoms with Crippen LogP contribution in [0.2, 0.25) is 10.0 Å². The number of aromatic nitrogens is 2. The van der Waals surface area contributed by atoms with Gasteiger partial charge in [-0.1, -0.05) is 23.2 Å². The average molecular weight is 443 g/mol. The molecule has 6 nitrogen and oxygen atoms in total. The van der Waals surface area contributed by atoms with E-state index in [-0.39, 0.29) is 11.8 Å². The molecule has 5 rings (SSSR count). The van der Waals surface area contributed by atoms with Gasteiger partial charge >= 0.3 is 11.3 Å². The van der Waals surface area contributed by atoms with E-state index in [1.165, 1.54) is 11.3 Å². The second-order valence-electron chi connectivity index (χ2n) is 6.10. The molecule has 0 aliphatic rings. The number of nitrogens with zero attached hydrogens (tertiary/aromatic N) is 2. The molecule has 0 saturated carbocycles. The van der Waals surface area contributed by atoms with Crippen molar-refractivity contribution in [2.45, 2.75) is 0 Å². The van der Waals surface area contributed by atoms with Crippen LogP contribution in [0.5, 0.6) is 0 Å². The van der Waals surface area contributed by atoms with Crippen LogP contribution in [-0.2, 0) is 0 Å². The lowest BCUT2D eigenvalue weighted by Crippen LogP contribution is -2.02. The summed E-state index contributed by atoms with van der Waals surface area (Å²) in [6.07, 6.45) is 0. The molecule has 5 aromatic rings. The highest BCUT2D eigenvalue weighted by molar-refractivity contribution is 7.18. The molecule has 0 bridgehead atoms. The standard InChI is InChI=1S/C20H8Cl2N2O4S/c21-9-1-3-11-13(7-9)23-17(27-19(11)25)15-5-6-16(29-15)18-24-14-8-10(22)2-4-12(14)20(26)28-18/h1-8H. The van der Waals surface area contributed by atoms with Gasteiger partial charge in [0, 0.05) is 10.0 Å². The number of rotatable bonds is 2. The zero-order valence-corrected chi connectivity index (χ0v) is 16.6. The second-order valence-corrected chi connectivity index (χ2v) is 8.06. The van der Waals surface area contributed by atoms with E-state index >= 15 is 0 Å². The summed E-state index contributed by atoms with van der Waals surface area (Å²) >= 11 is 13.2. The normalized spacial score (nSPS) is 11.4. The van der Waals surface area contributed by atoms with E-state index in [0.717, 1.165) is 0 Å². The van der Waals surface area contributed by atoms with Crippen molar-refractivity contribution in [2.75, 3.05) is 0 Å². The molecule has 0 fully saturated rings. The average Bonchev–Trinajstić information content (AvgIpc) is 3.17. The number of hydrogen-bond acceptors (Lipinski definition) is 7. The predicted octanol–water partition coefficient (Wildman–Crippen LogP) is 5.39. The van der Waals surface area contributed by atoms with Gasteiger partial charge in [-0.3, -0.25) is 0 Å². The Hall–Kier alpha value is -3.00. The van der Waals surface area contributed by atoms with E-state index in [9.17, 15) is 9.59 Å². The lowest BCUT2D eigenvalue weighted by atomic mass is 10.2. The maximum absolute atomic E-state index is 12.3. The predicted molar refractivity (Wildman–Crippen MR) is 113 cm³/mol. The van der Waals surface area contributed by atoms with Gasteiger partial charge in [0.1, 0.15) is 0 Å². The van der Waals surface area contributed by atoms with Crippen LogP contribution in [-0.4, -0.2) is 9.97 Å². The molecule has 0 aliphatic carbocycles. The van der Waals surface area contributed by atoms with Crippen molar-refractivity contribution in [1.29, 1.82) is 0 Å². The first-order valence-corrected chi connectivity index (χ1v) is 9.86. The third-order valence-electron chi connectivity index (χ3n) is 4.21. The van der Waals surface area contributed by atoms with Crippen LogP contribution in [0, 0.1) is 0 Å². The molecule has 29 heavy (non-hydrogen) atoms. The SMILES string of the molecule is O=c1oc(-c2ccc(-c3nc4cc(Cl)ccc4c(=O)o3)s2)nc2cc(Cl)ccc12. The summed E-state index contributed by atoms with van der Waals surface area (Å²) in [6.45, 7) is 0. The van der Waals surface area contributed by atoms with Crippen molar-refractivity contribution in [3.63, 3.8) is 0 Å². The van der Waals surface area contributed by atoms with Crippen LogP contribution in [0.4, 0.5) is 0 Å². The van der Waals surface area contributed by atoms with Gasteiger partial charge in [0.25, 0.3) is 0 Å². The summed E-state index contributed by atoms with van der Waals surface area (Å²) in [5.41, 5.74) is -0.157. The van der Waals surface area contributed by atoms with Crippen LogP contribution >= 0.6 is 34.5 Å². The van der Waals surface area contributed by atoms with Gasteiger partial charge in [0.05, 0.1) is 31.6 Å². The highest BCUT2D eigenvalue weighted by Crippen LogP contribution is 2.33.